The molecule has 0 aliphatic heterocycles. The molecule has 17 heavy (non-hydrogen) atoms. The van der Waals surface area contributed by atoms with Crippen LogP contribution in [0, 0.1) is 5.82 Å². The Bertz CT molecular complexity index is 558. The normalized spacial score (nSPS) is 10.3. The first-order valence-electron chi connectivity index (χ1n) is 4.83. The van der Waals surface area contributed by atoms with Gasteiger partial charge in [0.05, 0.1) is 11.4 Å². The van der Waals surface area contributed by atoms with Crippen molar-refractivity contribution < 1.29 is 4.39 Å². The van der Waals surface area contributed by atoms with Crippen LogP contribution in [0.4, 0.5) is 21.5 Å². The average molecular weight is 360 g/mol. The Morgan fingerprint density at radius 1 is 1.00 bits per heavy atom. The number of nitrogens with two attached hydrogens (primary N) is 1. The number of hydrogen-bond acceptors (Lipinski definition) is 2. The lowest BCUT2D eigenvalue weighted by molar-refractivity contribution is 0.632. The fraction of sp³-hybridized carbons (Fsp3) is 0. The first-order valence-corrected chi connectivity index (χ1v) is 6.42. The predicted molar refractivity (Wildman–Crippen MR) is 75.9 cm³/mol. The van der Waals surface area contributed by atoms with Gasteiger partial charge < -0.3 is 11.1 Å². The minimum absolute atomic E-state index is 0.378. The molecule has 0 spiro atoms. The maximum absolute atomic E-state index is 13.6. The topological polar surface area (TPSA) is 38.0 Å². The molecule has 0 saturated heterocycles. The molecule has 0 aliphatic carbocycles. The van der Waals surface area contributed by atoms with E-state index in [1.807, 2.05) is 18.2 Å². The van der Waals surface area contributed by atoms with E-state index in [0.717, 1.165) is 14.6 Å². The lowest BCUT2D eigenvalue weighted by Gasteiger charge is -2.10. The summed E-state index contributed by atoms with van der Waals surface area (Å²) in [4.78, 5) is 0. The SMILES string of the molecule is Nc1ccc(Nc2cc(Br)ccc2Br)c(F)c1. The van der Waals surface area contributed by atoms with Gasteiger partial charge in [0.1, 0.15) is 5.82 Å². The van der Waals surface area contributed by atoms with Crippen LogP contribution in [0.15, 0.2) is 45.3 Å². The molecule has 0 aromatic heterocycles. The van der Waals surface area contributed by atoms with E-state index < -0.39 is 0 Å². The Morgan fingerprint density at radius 2 is 1.76 bits per heavy atom. The third-order valence-corrected chi connectivity index (χ3v) is 3.38. The zero-order valence-electron chi connectivity index (χ0n) is 8.68. The molecule has 0 bridgehead atoms. The van der Waals surface area contributed by atoms with Gasteiger partial charge in [-0.1, -0.05) is 15.9 Å². The van der Waals surface area contributed by atoms with Crippen LogP contribution in [-0.4, -0.2) is 0 Å². The van der Waals surface area contributed by atoms with E-state index in [9.17, 15) is 4.39 Å². The van der Waals surface area contributed by atoms with Gasteiger partial charge >= 0.3 is 0 Å². The van der Waals surface area contributed by atoms with Crippen molar-refractivity contribution in [1.29, 1.82) is 0 Å². The van der Waals surface area contributed by atoms with E-state index in [2.05, 4.69) is 37.2 Å². The summed E-state index contributed by atoms with van der Waals surface area (Å²) in [5, 5.41) is 3.00. The zero-order chi connectivity index (χ0) is 12.4. The van der Waals surface area contributed by atoms with Crippen molar-refractivity contribution in [3.05, 3.63) is 51.2 Å². The monoisotopic (exact) mass is 358 g/mol. The number of halogens is 3. The Hall–Kier alpha value is -1.07. The summed E-state index contributed by atoms with van der Waals surface area (Å²) in [6, 6.07) is 10.2. The molecule has 0 radical (unpaired) electrons. The summed E-state index contributed by atoms with van der Waals surface area (Å²) < 4.78 is 15.4. The molecule has 0 atom stereocenters. The van der Waals surface area contributed by atoms with Gasteiger partial charge in [0.2, 0.25) is 0 Å². The third kappa shape index (κ3) is 2.98. The summed E-state index contributed by atoms with van der Waals surface area (Å²) in [6.45, 7) is 0. The summed E-state index contributed by atoms with van der Waals surface area (Å²) in [7, 11) is 0. The van der Waals surface area contributed by atoms with Crippen molar-refractivity contribution in [2.75, 3.05) is 11.1 Å². The molecule has 2 aromatic carbocycles. The largest absolute Gasteiger partial charge is 0.399 e. The van der Waals surface area contributed by atoms with Gasteiger partial charge in [0.15, 0.2) is 0 Å². The maximum Gasteiger partial charge on any atom is 0.148 e. The molecule has 0 unspecified atom stereocenters. The van der Waals surface area contributed by atoms with Gasteiger partial charge in [0.25, 0.3) is 0 Å². The molecule has 2 rings (SSSR count). The molecule has 0 fully saturated rings. The van der Waals surface area contributed by atoms with Crippen molar-refractivity contribution in [1.82, 2.24) is 0 Å². The molecule has 2 aromatic rings. The third-order valence-electron chi connectivity index (χ3n) is 2.19. The fourth-order valence-corrected chi connectivity index (χ4v) is 2.08. The van der Waals surface area contributed by atoms with Crippen molar-refractivity contribution in [2.24, 2.45) is 0 Å². The van der Waals surface area contributed by atoms with E-state index in [-0.39, 0.29) is 5.82 Å². The fourth-order valence-electron chi connectivity index (χ4n) is 1.37. The Labute approximate surface area is 115 Å². The summed E-state index contributed by atoms with van der Waals surface area (Å²) in [5.74, 6) is -0.378. The van der Waals surface area contributed by atoms with Crippen LogP contribution >= 0.6 is 31.9 Å². The minimum Gasteiger partial charge on any atom is -0.399 e. The summed E-state index contributed by atoms with van der Waals surface area (Å²) in [5.41, 5.74) is 7.06. The Morgan fingerprint density at radius 3 is 2.47 bits per heavy atom. The Balaban J connectivity index is 2.34. The summed E-state index contributed by atoms with van der Waals surface area (Å²) in [6.07, 6.45) is 0. The van der Waals surface area contributed by atoms with Gasteiger partial charge in [-0.25, -0.2) is 4.39 Å². The van der Waals surface area contributed by atoms with Crippen molar-refractivity contribution in [2.45, 2.75) is 0 Å². The van der Waals surface area contributed by atoms with Crippen LogP contribution in [0.2, 0.25) is 0 Å². The smallest absolute Gasteiger partial charge is 0.148 e. The highest BCUT2D eigenvalue weighted by atomic mass is 79.9. The zero-order valence-corrected chi connectivity index (χ0v) is 11.8. The summed E-state index contributed by atoms with van der Waals surface area (Å²) >= 11 is 6.76. The second kappa shape index (κ2) is 5.06. The quantitative estimate of drug-likeness (QED) is 0.764. The molecule has 0 aliphatic rings. The van der Waals surface area contributed by atoms with Gasteiger partial charge in [-0.05, 0) is 52.3 Å². The van der Waals surface area contributed by atoms with Gasteiger partial charge in [-0.3, -0.25) is 0 Å². The molecule has 0 heterocycles. The Kier molecular flexibility index (Phi) is 3.69. The molecular formula is C12H9Br2FN2. The highest BCUT2D eigenvalue weighted by Gasteiger charge is 2.05. The number of benzene rings is 2. The number of anilines is 3. The number of rotatable bonds is 2. The second-order valence-electron chi connectivity index (χ2n) is 3.49. The van der Waals surface area contributed by atoms with Gasteiger partial charge in [-0.2, -0.15) is 0 Å². The molecule has 3 N–H and O–H groups in total. The first kappa shape index (κ1) is 12.4. The van der Waals surface area contributed by atoms with Crippen molar-refractivity contribution >= 4 is 48.9 Å². The van der Waals surface area contributed by atoms with Crippen LogP contribution in [0.25, 0.3) is 0 Å². The highest BCUT2D eigenvalue weighted by Crippen LogP contribution is 2.30. The second-order valence-corrected chi connectivity index (χ2v) is 5.26. The molecule has 88 valence electrons. The van der Waals surface area contributed by atoms with E-state index in [1.54, 1.807) is 12.1 Å². The number of hydrogen-bond donors (Lipinski definition) is 2. The molecule has 5 heteroatoms. The number of nitrogens with one attached hydrogen (secondary N) is 1. The van der Waals surface area contributed by atoms with E-state index in [0.29, 0.717) is 11.4 Å². The molecular weight excluding hydrogens is 351 g/mol. The molecule has 0 saturated carbocycles. The van der Waals surface area contributed by atoms with Crippen LogP contribution in [-0.2, 0) is 0 Å². The minimum atomic E-state index is -0.378. The predicted octanol–water partition coefficient (Wildman–Crippen LogP) is 4.68. The van der Waals surface area contributed by atoms with Crippen molar-refractivity contribution in [3.8, 4) is 0 Å². The van der Waals surface area contributed by atoms with Crippen LogP contribution in [0.5, 0.6) is 0 Å². The maximum atomic E-state index is 13.6. The lowest BCUT2D eigenvalue weighted by atomic mass is 10.2. The average Bonchev–Trinajstić information content (AvgIpc) is 2.27. The highest BCUT2D eigenvalue weighted by molar-refractivity contribution is 9.11. The van der Waals surface area contributed by atoms with Crippen LogP contribution < -0.4 is 11.1 Å². The molecule has 0 amide bonds. The van der Waals surface area contributed by atoms with E-state index in [4.69, 9.17) is 5.73 Å². The standard InChI is InChI=1S/C12H9Br2FN2/c13-7-1-3-9(14)12(5-7)17-11-4-2-8(16)6-10(11)15/h1-6,17H,16H2. The van der Waals surface area contributed by atoms with Gasteiger partial charge in [0, 0.05) is 14.6 Å². The number of nitrogen functional groups attached to an aromatic ring is 1. The van der Waals surface area contributed by atoms with Crippen LogP contribution in [0.1, 0.15) is 0 Å². The van der Waals surface area contributed by atoms with E-state index in [1.165, 1.54) is 6.07 Å². The lowest BCUT2D eigenvalue weighted by Crippen LogP contribution is -1.96. The molecule has 2 nitrogen and oxygen atoms in total. The van der Waals surface area contributed by atoms with Crippen LogP contribution in [0.3, 0.4) is 0 Å². The van der Waals surface area contributed by atoms with E-state index >= 15 is 0 Å². The van der Waals surface area contributed by atoms with Crippen molar-refractivity contribution in [3.63, 3.8) is 0 Å². The van der Waals surface area contributed by atoms with Gasteiger partial charge in [-0.15, -0.1) is 0 Å². The first-order chi connectivity index (χ1) is 8.06.